The van der Waals surface area contributed by atoms with E-state index < -0.39 is 8.32 Å². The van der Waals surface area contributed by atoms with E-state index in [2.05, 4.69) is 65.0 Å². The van der Waals surface area contributed by atoms with E-state index in [4.69, 9.17) is 4.43 Å². The number of hydrogen-bond donors (Lipinski definition) is 0. The van der Waals surface area contributed by atoms with Gasteiger partial charge in [-0.1, -0.05) is 65.0 Å². The van der Waals surface area contributed by atoms with Crippen molar-refractivity contribution < 1.29 is 4.43 Å². The Balaban J connectivity index is 3.15. The highest BCUT2D eigenvalue weighted by molar-refractivity contribution is 6.88. The topological polar surface area (TPSA) is 9.23 Å². The van der Waals surface area contributed by atoms with Crippen LogP contribution in [0.25, 0.3) is 0 Å². The van der Waals surface area contributed by atoms with Crippen LogP contribution in [-0.2, 0) is 4.43 Å². The quantitative estimate of drug-likeness (QED) is 0.691. The molecule has 0 spiro atoms. The highest BCUT2D eigenvalue weighted by Gasteiger charge is 2.43. The van der Waals surface area contributed by atoms with Gasteiger partial charge in [-0.15, -0.1) is 0 Å². The summed E-state index contributed by atoms with van der Waals surface area (Å²) in [5.74, 6) is 0. The molecule has 0 aliphatic rings. The lowest BCUT2D eigenvalue weighted by atomic mass is 10.4. The third-order valence-corrected chi connectivity index (χ3v) is 8.83. The van der Waals surface area contributed by atoms with Crippen molar-refractivity contribution in [1.29, 1.82) is 0 Å². The molecule has 1 rings (SSSR count). The Hall–Kier alpha value is -0.603. The first-order chi connectivity index (χ1) is 8.05. The summed E-state index contributed by atoms with van der Waals surface area (Å²) in [6.45, 7) is 12.3. The van der Waals surface area contributed by atoms with Crippen molar-refractivity contribution in [3.63, 3.8) is 0 Å². The van der Waals surface area contributed by atoms with E-state index >= 15 is 0 Å². The summed E-state index contributed by atoms with van der Waals surface area (Å²) in [6, 6.07) is 10.9. The first-order valence-corrected chi connectivity index (χ1v) is 8.81. The van der Waals surface area contributed by atoms with Gasteiger partial charge in [0.25, 0.3) is 0 Å². The van der Waals surface area contributed by atoms with Crippen molar-refractivity contribution in [1.82, 2.24) is 0 Å². The zero-order valence-corrected chi connectivity index (χ0v) is 12.9. The molecule has 0 saturated heterocycles. The van der Waals surface area contributed by atoms with Gasteiger partial charge in [-0.2, -0.15) is 0 Å². The lowest BCUT2D eigenvalue weighted by molar-refractivity contribution is 0.294. The Morgan fingerprint density at radius 2 is 1.53 bits per heavy atom. The molecule has 0 N–H and O–H groups in total. The second-order valence-corrected chi connectivity index (χ2v) is 10.1. The lowest BCUT2D eigenvalue weighted by Gasteiger charge is -2.39. The Labute approximate surface area is 107 Å². The molecular formula is C15H26OSi. The van der Waals surface area contributed by atoms with Gasteiger partial charge < -0.3 is 4.43 Å². The SMILES string of the molecule is CCCO[Si](c1ccccc1)(C(C)C)C(C)C. The minimum absolute atomic E-state index is 0.608. The van der Waals surface area contributed by atoms with Crippen LogP contribution < -0.4 is 5.19 Å². The Kier molecular flexibility index (Phi) is 5.41. The first kappa shape index (κ1) is 14.5. The second kappa shape index (κ2) is 6.36. The van der Waals surface area contributed by atoms with Crippen LogP contribution in [0.5, 0.6) is 0 Å². The molecule has 0 bridgehead atoms. The molecule has 17 heavy (non-hydrogen) atoms. The van der Waals surface area contributed by atoms with Gasteiger partial charge in [0.2, 0.25) is 8.32 Å². The summed E-state index contributed by atoms with van der Waals surface area (Å²) >= 11 is 0. The van der Waals surface area contributed by atoms with E-state index in [1.807, 2.05) is 0 Å². The van der Waals surface area contributed by atoms with Crippen molar-refractivity contribution in [3.05, 3.63) is 30.3 Å². The van der Waals surface area contributed by atoms with E-state index in [1.165, 1.54) is 5.19 Å². The van der Waals surface area contributed by atoms with Crippen molar-refractivity contribution in [2.45, 2.75) is 52.1 Å². The predicted octanol–water partition coefficient (Wildman–Crippen LogP) is 4.09. The first-order valence-electron chi connectivity index (χ1n) is 6.75. The summed E-state index contributed by atoms with van der Waals surface area (Å²) < 4.78 is 6.43. The molecule has 0 aromatic heterocycles. The van der Waals surface area contributed by atoms with Crippen LogP contribution in [0.4, 0.5) is 0 Å². The fraction of sp³-hybridized carbons (Fsp3) is 0.600. The summed E-state index contributed by atoms with van der Waals surface area (Å²) in [7, 11) is -1.85. The fourth-order valence-electron chi connectivity index (χ4n) is 2.72. The smallest absolute Gasteiger partial charge is 0.229 e. The lowest BCUT2D eigenvalue weighted by Crippen LogP contribution is -2.56. The van der Waals surface area contributed by atoms with E-state index in [0.717, 1.165) is 13.0 Å². The third-order valence-electron chi connectivity index (χ3n) is 3.49. The van der Waals surface area contributed by atoms with E-state index in [0.29, 0.717) is 11.1 Å². The Bertz CT molecular complexity index is 311. The average molecular weight is 250 g/mol. The highest BCUT2D eigenvalue weighted by atomic mass is 28.4. The van der Waals surface area contributed by atoms with Crippen LogP contribution in [0.15, 0.2) is 30.3 Å². The number of benzene rings is 1. The summed E-state index contributed by atoms with van der Waals surface area (Å²) in [4.78, 5) is 0. The second-order valence-electron chi connectivity index (χ2n) is 5.32. The molecule has 0 heterocycles. The van der Waals surface area contributed by atoms with Crippen molar-refractivity contribution >= 4 is 13.5 Å². The van der Waals surface area contributed by atoms with Crippen molar-refractivity contribution in [2.24, 2.45) is 0 Å². The zero-order chi connectivity index (χ0) is 12.9. The van der Waals surface area contributed by atoms with Crippen molar-refractivity contribution in [3.8, 4) is 0 Å². The van der Waals surface area contributed by atoms with Gasteiger partial charge in [-0.05, 0) is 22.7 Å². The zero-order valence-electron chi connectivity index (χ0n) is 11.9. The maximum absolute atomic E-state index is 6.43. The van der Waals surface area contributed by atoms with Crippen LogP contribution in [0.2, 0.25) is 11.1 Å². The monoisotopic (exact) mass is 250 g/mol. The van der Waals surface area contributed by atoms with Crippen LogP contribution in [-0.4, -0.2) is 14.9 Å². The van der Waals surface area contributed by atoms with Gasteiger partial charge in [0.15, 0.2) is 0 Å². The molecule has 1 nitrogen and oxygen atoms in total. The van der Waals surface area contributed by atoms with Gasteiger partial charge in [-0.25, -0.2) is 0 Å². The molecule has 1 aromatic rings. The maximum atomic E-state index is 6.43. The van der Waals surface area contributed by atoms with Gasteiger partial charge >= 0.3 is 0 Å². The minimum atomic E-state index is -1.85. The largest absolute Gasteiger partial charge is 0.412 e. The Morgan fingerprint density at radius 3 is 1.94 bits per heavy atom. The fourth-order valence-corrected chi connectivity index (χ4v) is 7.47. The number of hydrogen-bond acceptors (Lipinski definition) is 1. The molecular weight excluding hydrogens is 224 g/mol. The molecule has 0 amide bonds. The van der Waals surface area contributed by atoms with Crippen molar-refractivity contribution in [2.75, 3.05) is 6.61 Å². The molecule has 0 fully saturated rings. The molecule has 0 saturated carbocycles. The third kappa shape index (κ3) is 2.99. The molecule has 0 aliphatic heterocycles. The molecule has 0 aliphatic carbocycles. The average Bonchev–Trinajstić information content (AvgIpc) is 2.30. The van der Waals surface area contributed by atoms with Crippen LogP contribution >= 0.6 is 0 Å². The van der Waals surface area contributed by atoms with Gasteiger partial charge in [-0.3, -0.25) is 0 Å². The van der Waals surface area contributed by atoms with Crippen LogP contribution in [0, 0.1) is 0 Å². The van der Waals surface area contributed by atoms with E-state index in [-0.39, 0.29) is 0 Å². The molecule has 2 heteroatoms. The van der Waals surface area contributed by atoms with Crippen LogP contribution in [0.1, 0.15) is 41.0 Å². The molecule has 0 unspecified atom stereocenters. The normalized spacial score (nSPS) is 12.4. The predicted molar refractivity (Wildman–Crippen MR) is 78.3 cm³/mol. The molecule has 0 atom stereocenters. The summed E-state index contributed by atoms with van der Waals surface area (Å²) in [5, 5.41) is 1.44. The van der Waals surface area contributed by atoms with Gasteiger partial charge in [0.1, 0.15) is 0 Å². The van der Waals surface area contributed by atoms with E-state index in [1.54, 1.807) is 0 Å². The summed E-state index contributed by atoms with van der Waals surface area (Å²) in [5.41, 5.74) is 1.22. The summed E-state index contributed by atoms with van der Waals surface area (Å²) in [6.07, 6.45) is 1.10. The van der Waals surface area contributed by atoms with E-state index in [9.17, 15) is 0 Å². The standard InChI is InChI=1S/C15H26OSi/c1-6-12-16-17(13(2)3,14(4)5)15-10-8-7-9-11-15/h7-11,13-14H,6,12H2,1-5H3. The maximum Gasteiger partial charge on any atom is 0.229 e. The Morgan fingerprint density at radius 1 is 1.00 bits per heavy atom. The van der Waals surface area contributed by atoms with Crippen LogP contribution in [0.3, 0.4) is 0 Å². The molecule has 0 radical (unpaired) electrons. The van der Waals surface area contributed by atoms with Gasteiger partial charge in [0.05, 0.1) is 0 Å². The molecule has 96 valence electrons. The number of rotatable bonds is 6. The highest BCUT2D eigenvalue weighted by Crippen LogP contribution is 2.33. The molecule has 1 aromatic carbocycles. The van der Waals surface area contributed by atoms with Gasteiger partial charge in [0, 0.05) is 6.61 Å². The minimum Gasteiger partial charge on any atom is -0.412 e.